The van der Waals surface area contributed by atoms with Crippen molar-refractivity contribution in [2.24, 2.45) is 0 Å². The van der Waals surface area contributed by atoms with Crippen molar-refractivity contribution >= 4 is 17.5 Å². The average Bonchev–Trinajstić information content (AvgIpc) is 2.46. The molecule has 1 aromatic carbocycles. The fraction of sp³-hybridized carbons (Fsp3) is 0.400. The van der Waals surface area contributed by atoms with Crippen molar-refractivity contribution < 1.29 is 14.3 Å². The first kappa shape index (κ1) is 15.0. The lowest BCUT2D eigenvalue weighted by Gasteiger charge is -2.34. The van der Waals surface area contributed by atoms with Crippen molar-refractivity contribution in [3.63, 3.8) is 0 Å². The Morgan fingerprint density at radius 2 is 1.81 bits per heavy atom. The molecule has 2 atom stereocenters. The van der Waals surface area contributed by atoms with Crippen LogP contribution >= 0.6 is 0 Å². The molecule has 21 heavy (non-hydrogen) atoms. The number of rotatable bonds is 1. The normalized spacial score (nSPS) is 21.5. The summed E-state index contributed by atoms with van der Waals surface area (Å²) >= 11 is 0. The Bertz CT molecular complexity index is 567. The van der Waals surface area contributed by atoms with Crippen LogP contribution < -0.4 is 5.32 Å². The molecule has 1 fully saturated rings. The molecule has 6 nitrogen and oxygen atoms in total. The number of hydrogen-bond acceptors (Lipinski definition) is 4. The van der Waals surface area contributed by atoms with E-state index in [4.69, 9.17) is 10.00 Å². The van der Waals surface area contributed by atoms with E-state index in [2.05, 4.69) is 5.32 Å². The van der Waals surface area contributed by atoms with Crippen molar-refractivity contribution in [2.75, 3.05) is 18.4 Å². The van der Waals surface area contributed by atoms with Crippen LogP contribution in [0.5, 0.6) is 0 Å². The Hall–Kier alpha value is -2.39. The zero-order valence-corrected chi connectivity index (χ0v) is 12.0. The summed E-state index contributed by atoms with van der Waals surface area (Å²) < 4.78 is 5.53. The molecular formula is C15H17N3O3. The molecule has 1 aliphatic rings. The highest BCUT2D eigenvalue weighted by atomic mass is 16.5. The molecular weight excluding hydrogens is 270 g/mol. The highest BCUT2D eigenvalue weighted by Crippen LogP contribution is 2.12. The molecule has 2 amide bonds. The molecule has 6 heteroatoms. The summed E-state index contributed by atoms with van der Waals surface area (Å²) in [6.45, 7) is 4.55. The van der Waals surface area contributed by atoms with Gasteiger partial charge in [0.25, 0.3) is 0 Å². The molecule has 0 saturated carbocycles. The predicted octanol–water partition coefficient (Wildman–Crippen LogP) is 1.13. The van der Waals surface area contributed by atoms with Crippen LogP contribution in [0.25, 0.3) is 0 Å². The maximum Gasteiger partial charge on any atom is 0.313 e. The van der Waals surface area contributed by atoms with E-state index in [1.165, 1.54) is 4.90 Å². The summed E-state index contributed by atoms with van der Waals surface area (Å²) in [6.07, 6.45) is -0.166. The number of benzene rings is 1. The van der Waals surface area contributed by atoms with Crippen LogP contribution in [-0.4, -0.2) is 42.0 Å². The maximum atomic E-state index is 12.1. The average molecular weight is 287 g/mol. The fourth-order valence-corrected chi connectivity index (χ4v) is 2.30. The standard InChI is InChI=1S/C15H17N3O3/c1-10-8-18(9-11(2)21-10)15(20)14(19)17-13-5-3-12(7-16)4-6-13/h3-6,10-11H,8-9H2,1-2H3,(H,17,19). The Kier molecular flexibility index (Phi) is 4.55. The molecule has 1 aromatic rings. The van der Waals surface area contributed by atoms with Gasteiger partial charge < -0.3 is 15.0 Å². The van der Waals surface area contributed by atoms with Crippen molar-refractivity contribution in [3.8, 4) is 6.07 Å². The number of nitriles is 1. The molecule has 0 spiro atoms. The van der Waals surface area contributed by atoms with E-state index < -0.39 is 11.8 Å². The van der Waals surface area contributed by atoms with Crippen LogP contribution in [0.3, 0.4) is 0 Å². The quantitative estimate of drug-likeness (QED) is 0.785. The molecule has 2 rings (SSSR count). The summed E-state index contributed by atoms with van der Waals surface area (Å²) in [5.41, 5.74) is 0.983. The highest BCUT2D eigenvalue weighted by Gasteiger charge is 2.29. The lowest BCUT2D eigenvalue weighted by Crippen LogP contribution is -2.51. The van der Waals surface area contributed by atoms with Gasteiger partial charge in [-0.3, -0.25) is 9.59 Å². The second-order valence-electron chi connectivity index (χ2n) is 5.11. The Labute approximate surface area is 123 Å². The number of hydrogen-bond donors (Lipinski definition) is 1. The lowest BCUT2D eigenvalue weighted by molar-refractivity contribution is -0.151. The van der Waals surface area contributed by atoms with E-state index in [9.17, 15) is 9.59 Å². The minimum atomic E-state index is -0.680. The lowest BCUT2D eigenvalue weighted by atomic mass is 10.2. The van der Waals surface area contributed by atoms with Crippen molar-refractivity contribution in [3.05, 3.63) is 29.8 Å². The molecule has 1 heterocycles. The topological polar surface area (TPSA) is 82.4 Å². The van der Waals surface area contributed by atoms with Gasteiger partial charge in [-0.1, -0.05) is 0 Å². The number of ether oxygens (including phenoxy) is 1. The van der Waals surface area contributed by atoms with E-state index >= 15 is 0 Å². The molecule has 0 bridgehead atoms. The second-order valence-corrected chi connectivity index (χ2v) is 5.11. The summed E-state index contributed by atoms with van der Waals surface area (Å²) in [7, 11) is 0. The van der Waals surface area contributed by atoms with Crippen molar-refractivity contribution in [2.45, 2.75) is 26.1 Å². The van der Waals surface area contributed by atoms with Crippen LogP contribution in [-0.2, 0) is 14.3 Å². The Morgan fingerprint density at radius 1 is 1.24 bits per heavy atom. The van der Waals surface area contributed by atoms with Gasteiger partial charge in [0.2, 0.25) is 0 Å². The smallest absolute Gasteiger partial charge is 0.313 e. The highest BCUT2D eigenvalue weighted by molar-refractivity contribution is 6.39. The SMILES string of the molecule is CC1CN(C(=O)C(=O)Nc2ccc(C#N)cc2)CC(C)O1. The zero-order valence-electron chi connectivity index (χ0n) is 12.0. The number of carbonyl (C=O) groups excluding carboxylic acids is 2. The summed E-state index contributed by atoms with van der Waals surface area (Å²) in [4.78, 5) is 25.6. The van der Waals surface area contributed by atoms with Gasteiger partial charge in [0.05, 0.1) is 23.8 Å². The van der Waals surface area contributed by atoms with Gasteiger partial charge in [0, 0.05) is 18.8 Å². The van der Waals surface area contributed by atoms with Crippen LogP contribution in [0.1, 0.15) is 19.4 Å². The maximum absolute atomic E-state index is 12.1. The van der Waals surface area contributed by atoms with Crippen LogP contribution in [0.15, 0.2) is 24.3 Å². The van der Waals surface area contributed by atoms with Crippen LogP contribution in [0.4, 0.5) is 5.69 Å². The zero-order chi connectivity index (χ0) is 15.4. The van der Waals surface area contributed by atoms with Gasteiger partial charge in [0.1, 0.15) is 0 Å². The monoisotopic (exact) mass is 287 g/mol. The van der Waals surface area contributed by atoms with Gasteiger partial charge in [0.15, 0.2) is 0 Å². The third kappa shape index (κ3) is 3.80. The third-order valence-electron chi connectivity index (χ3n) is 3.17. The number of amides is 2. The van der Waals surface area contributed by atoms with E-state index in [0.29, 0.717) is 24.3 Å². The molecule has 110 valence electrons. The molecule has 2 unspecified atom stereocenters. The van der Waals surface area contributed by atoms with Crippen LogP contribution in [0, 0.1) is 11.3 Å². The second kappa shape index (κ2) is 6.37. The number of anilines is 1. The van der Waals surface area contributed by atoms with Gasteiger partial charge >= 0.3 is 11.8 Å². The fourth-order valence-electron chi connectivity index (χ4n) is 2.30. The van der Waals surface area contributed by atoms with Crippen LogP contribution in [0.2, 0.25) is 0 Å². The minimum Gasteiger partial charge on any atom is -0.372 e. The van der Waals surface area contributed by atoms with E-state index in [0.717, 1.165) is 0 Å². The molecule has 1 N–H and O–H groups in total. The van der Waals surface area contributed by atoms with Crippen molar-refractivity contribution in [1.82, 2.24) is 4.90 Å². The molecule has 0 aliphatic carbocycles. The van der Waals surface area contributed by atoms with Gasteiger partial charge in [-0.2, -0.15) is 5.26 Å². The van der Waals surface area contributed by atoms with Gasteiger partial charge in [-0.25, -0.2) is 0 Å². The summed E-state index contributed by atoms with van der Waals surface area (Å²) in [6, 6.07) is 8.34. The van der Waals surface area contributed by atoms with E-state index in [1.54, 1.807) is 24.3 Å². The molecule has 0 aromatic heterocycles. The molecule has 0 radical (unpaired) electrons. The third-order valence-corrected chi connectivity index (χ3v) is 3.17. The first-order valence-corrected chi connectivity index (χ1v) is 6.75. The molecule has 1 aliphatic heterocycles. The molecule has 1 saturated heterocycles. The first-order valence-electron chi connectivity index (χ1n) is 6.75. The van der Waals surface area contributed by atoms with Gasteiger partial charge in [-0.15, -0.1) is 0 Å². The van der Waals surface area contributed by atoms with E-state index in [-0.39, 0.29) is 12.2 Å². The largest absolute Gasteiger partial charge is 0.372 e. The Morgan fingerprint density at radius 3 is 2.33 bits per heavy atom. The predicted molar refractivity (Wildman–Crippen MR) is 76.4 cm³/mol. The Balaban J connectivity index is 1.99. The minimum absolute atomic E-state index is 0.0830. The summed E-state index contributed by atoms with van der Waals surface area (Å²) in [5.74, 6) is -1.25. The van der Waals surface area contributed by atoms with Crippen molar-refractivity contribution in [1.29, 1.82) is 5.26 Å². The number of carbonyl (C=O) groups is 2. The number of nitrogens with one attached hydrogen (secondary N) is 1. The number of morpholine rings is 1. The number of nitrogens with zero attached hydrogens (tertiary/aromatic N) is 2. The first-order chi connectivity index (χ1) is 9.99. The van der Waals surface area contributed by atoms with E-state index in [1.807, 2.05) is 19.9 Å². The summed E-state index contributed by atoms with van der Waals surface area (Å²) in [5, 5.41) is 11.2. The van der Waals surface area contributed by atoms with Gasteiger partial charge in [-0.05, 0) is 38.1 Å².